The smallest absolute Gasteiger partial charge is 0.417 e. The van der Waals surface area contributed by atoms with E-state index < -0.39 is 81.2 Å². The van der Waals surface area contributed by atoms with Crippen molar-refractivity contribution in [2.45, 2.75) is 30.4 Å². The minimum Gasteiger partial charge on any atom is -0.502 e. The lowest BCUT2D eigenvalue weighted by Crippen LogP contribution is -2.53. The summed E-state index contributed by atoms with van der Waals surface area (Å²) in [4.78, 5) is 65.2. The van der Waals surface area contributed by atoms with Crippen LogP contribution in [0.5, 0.6) is 28.7 Å². The Morgan fingerprint density at radius 1 is 0.794 bits per heavy atom. The van der Waals surface area contributed by atoms with Gasteiger partial charge in [0.25, 0.3) is 11.8 Å². The number of phenolic OH excluding ortho intramolecular Hbond substituents is 1. The number of phenols is 1. The summed E-state index contributed by atoms with van der Waals surface area (Å²) in [6.45, 7) is 0. The maximum Gasteiger partial charge on any atom is 0.417 e. The molecule has 1 saturated carbocycles. The number of imide groups is 2. The maximum atomic E-state index is 15.6. The SMILES string of the molecule is COc1ccc(OC)c(C=Cc2ccc(N3C(=O)C4CC=C5C(CC6C(=O)N(Nc7ncc(C(F)(F)F)cc7Cl)C(=O)C6(c6ccc(Cl)cc6)C5c5cc(OC)c(O)c(OC)c5)C4C3=O)cc2)c1. The number of amides is 4. The Morgan fingerprint density at radius 2 is 1.47 bits per heavy atom. The van der Waals surface area contributed by atoms with Crippen LogP contribution in [0.2, 0.25) is 10.0 Å². The highest BCUT2D eigenvalue weighted by atomic mass is 35.5. The molecule has 2 aliphatic carbocycles. The lowest BCUT2D eigenvalue weighted by molar-refractivity contribution is -0.139. The molecule has 2 aliphatic heterocycles. The first-order valence-corrected chi connectivity index (χ1v) is 22.0. The van der Waals surface area contributed by atoms with Crippen LogP contribution in [0.3, 0.4) is 0 Å². The number of aromatic nitrogens is 1. The number of benzene rings is 4. The number of carbonyl (C=O) groups is 4. The predicted octanol–water partition coefficient (Wildman–Crippen LogP) is 9.51. The predicted molar refractivity (Wildman–Crippen MR) is 245 cm³/mol. The van der Waals surface area contributed by atoms with Gasteiger partial charge in [0, 0.05) is 22.7 Å². The Bertz CT molecular complexity index is 2920. The second-order valence-corrected chi connectivity index (χ2v) is 17.6. The molecule has 0 spiro atoms. The third kappa shape index (κ3) is 7.46. The van der Waals surface area contributed by atoms with E-state index in [1.54, 1.807) is 74.9 Å². The lowest BCUT2D eigenvalue weighted by atomic mass is 9.49. The molecule has 4 aromatic carbocycles. The molecule has 2 saturated heterocycles. The quantitative estimate of drug-likeness (QED) is 0.0739. The molecule has 0 bridgehead atoms. The number of hydrogen-bond donors (Lipinski definition) is 2. The summed E-state index contributed by atoms with van der Waals surface area (Å²) >= 11 is 12.7. The van der Waals surface area contributed by atoms with Crippen LogP contribution in [0.4, 0.5) is 24.7 Å². The molecule has 1 aromatic heterocycles. The van der Waals surface area contributed by atoms with Gasteiger partial charge < -0.3 is 24.1 Å². The van der Waals surface area contributed by atoms with E-state index in [1.807, 2.05) is 24.3 Å². The first-order valence-electron chi connectivity index (χ1n) is 21.2. The van der Waals surface area contributed by atoms with Crippen LogP contribution in [0.1, 0.15) is 46.6 Å². The molecule has 0 radical (unpaired) electrons. The summed E-state index contributed by atoms with van der Waals surface area (Å²) in [7, 11) is 5.80. The van der Waals surface area contributed by atoms with E-state index in [0.717, 1.165) is 11.1 Å². The van der Waals surface area contributed by atoms with E-state index in [4.69, 9.17) is 42.1 Å². The number of nitrogens with one attached hydrogen (secondary N) is 1. The molecule has 68 heavy (non-hydrogen) atoms. The van der Waals surface area contributed by atoms with Gasteiger partial charge in [0.15, 0.2) is 17.3 Å². The molecule has 4 aliphatic rings. The van der Waals surface area contributed by atoms with Gasteiger partial charge in [-0.1, -0.05) is 71.3 Å². The van der Waals surface area contributed by atoms with Gasteiger partial charge in [0.2, 0.25) is 17.6 Å². The van der Waals surface area contributed by atoms with Crippen LogP contribution < -0.4 is 29.3 Å². The second kappa shape index (κ2) is 17.6. The standard InChI is InChI=1S/C50H41Cl2F3N4O9/c1-65-32-15-18-38(66-2)26(19-32)8-5-25-6-13-31(14-7-25)58-45(61)34-17-16-33-35(41(34)47(58)63)23-36-46(62)59(57-44-37(52)22-29(24-56-44)50(53,54)55)48(64)49(36,28-9-11-30(51)12-10-28)42(33)27-20-39(67-3)43(60)40(21-27)68-4/h5-16,18-22,24,34-36,41-42,60H,17,23H2,1-4H3,(H,56,57). The molecule has 5 aromatic rings. The van der Waals surface area contributed by atoms with E-state index in [1.165, 1.54) is 31.3 Å². The number of anilines is 2. The molecule has 6 atom stereocenters. The molecule has 2 N–H and O–H groups in total. The Morgan fingerprint density at radius 3 is 2.09 bits per heavy atom. The number of pyridine rings is 1. The van der Waals surface area contributed by atoms with Gasteiger partial charge in [-0.3, -0.25) is 29.5 Å². The number of allylic oxidation sites excluding steroid dienone is 2. The van der Waals surface area contributed by atoms with E-state index >= 15 is 9.59 Å². The summed E-state index contributed by atoms with van der Waals surface area (Å²) in [5.74, 6) is -7.05. The number of rotatable bonds is 11. The van der Waals surface area contributed by atoms with Crippen molar-refractivity contribution in [3.05, 3.63) is 141 Å². The Labute approximate surface area is 397 Å². The topological polar surface area (TPSA) is 157 Å². The molecular formula is C50H41Cl2F3N4O9. The molecule has 18 heteroatoms. The fraction of sp³-hybridized carbons (Fsp3) is 0.260. The minimum atomic E-state index is -4.79. The molecule has 3 fully saturated rings. The molecule has 3 heterocycles. The summed E-state index contributed by atoms with van der Waals surface area (Å²) < 4.78 is 62.9. The molecule has 9 rings (SSSR count). The number of nitrogens with zero attached hydrogens (tertiary/aromatic N) is 3. The van der Waals surface area contributed by atoms with E-state index in [9.17, 15) is 27.9 Å². The van der Waals surface area contributed by atoms with Crippen molar-refractivity contribution in [1.82, 2.24) is 9.99 Å². The fourth-order valence-electron chi connectivity index (χ4n) is 10.4. The number of carbonyl (C=O) groups excluding carboxylic acids is 4. The lowest BCUT2D eigenvalue weighted by Gasteiger charge is -2.50. The zero-order valence-corrected chi connectivity index (χ0v) is 38.1. The van der Waals surface area contributed by atoms with E-state index in [2.05, 4.69) is 10.4 Å². The number of fused-ring (bicyclic) bond motifs is 4. The minimum absolute atomic E-state index is 0.0229. The van der Waals surface area contributed by atoms with Crippen molar-refractivity contribution in [3.8, 4) is 28.7 Å². The summed E-state index contributed by atoms with van der Waals surface area (Å²) in [6, 6.07) is 22.3. The second-order valence-electron chi connectivity index (χ2n) is 16.7. The zero-order valence-electron chi connectivity index (χ0n) is 36.6. The molecule has 350 valence electrons. The number of hydrazine groups is 1. The highest BCUT2D eigenvalue weighted by Crippen LogP contribution is 2.65. The largest absolute Gasteiger partial charge is 0.502 e. The Balaban J connectivity index is 1.14. The first kappa shape index (κ1) is 46.1. The van der Waals surface area contributed by atoms with Crippen molar-refractivity contribution in [1.29, 1.82) is 0 Å². The highest BCUT2D eigenvalue weighted by Gasteiger charge is 2.70. The first-order chi connectivity index (χ1) is 32.5. The van der Waals surface area contributed by atoms with Gasteiger partial charge in [-0.05, 0) is 96.1 Å². The third-order valence-electron chi connectivity index (χ3n) is 13.4. The van der Waals surface area contributed by atoms with Crippen molar-refractivity contribution < 1.29 is 56.4 Å². The van der Waals surface area contributed by atoms with Crippen molar-refractivity contribution >= 4 is 70.5 Å². The third-order valence-corrected chi connectivity index (χ3v) is 14.0. The van der Waals surface area contributed by atoms with Gasteiger partial charge in [-0.25, -0.2) is 4.98 Å². The Kier molecular flexibility index (Phi) is 11.9. The average Bonchev–Trinajstić information content (AvgIpc) is 3.71. The summed E-state index contributed by atoms with van der Waals surface area (Å²) in [6.07, 6.45) is 1.27. The number of ether oxygens (including phenoxy) is 4. The summed E-state index contributed by atoms with van der Waals surface area (Å²) in [5.41, 5.74) is 2.76. The number of alkyl halides is 3. The van der Waals surface area contributed by atoms with Crippen molar-refractivity contribution in [2.75, 3.05) is 38.8 Å². The fourth-order valence-corrected chi connectivity index (χ4v) is 10.7. The summed E-state index contributed by atoms with van der Waals surface area (Å²) in [5, 5.41) is 11.6. The van der Waals surface area contributed by atoms with Crippen molar-refractivity contribution in [2.24, 2.45) is 23.7 Å². The van der Waals surface area contributed by atoms with Gasteiger partial charge >= 0.3 is 6.18 Å². The number of hydrogen-bond acceptors (Lipinski definition) is 11. The van der Waals surface area contributed by atoms with Crippen LogP contribution in [0, 0.1) is 23.7 Å². The number of methoxy groups -OCH3 is 4. The van der Waals surface area contributed by atoms with E-state index in [-0.39, 0.29) is 30.1 Å². The number of aromatic hydroxyl groups is 1. The molecular weight excluding hydrogens is 928 g/mol. The van der Waals surface area contributed by atoms with Gasteiger partial charge in [0.1, 0.15) is 11.5 Å². The van der Waals surface area contributed by atoms with Crippen LogP contribution in [-0.4, -0.2) is 67.2 Å². The average molecular weight is 970 g/mol. The van der Waals surface area contributed by atoms with Crippen LogP contribution in [-0.2, 0) is 30.8 Å². The normalized spacial score (nSPS) is 23.3. The van der Waals surface area contributed by atoms with Crippen LogP contribution in [0.15, 0.2) is 103 Å². The monoisotopic (exact) mass is 968 g/mol. The zero-order chi connectivity index (χ0) is 48.4. The highest BCUT2D eigenvalue weighted by molar-refractivity contribution is 6.33. The van der Waals surface area contributed by atoms with Crippen LogP contribution >= 0.6 is 23.2 Å². The van der Waals surface area contributed by atoms with E-state index in [0.29, 0.717) is 56.2 Å². The van der Waals surface area contributed by atoms with Gasteiger partial charge in [-0.15, -0.1) is 0 Å². The molecule has 6 unspecified atom stereocenters. The van der Waals surface area contributed by atoms with Gasteiger partial charge in [0.05, 0.1) is 67.9 Å². The Hall–Kier alpha value is -7.04. The maximum absolute atomic E-state index is 15.6. The number of halogens is 5. The van der Waals surface area contributed by atoms with Crippen molar-refractivity contribution in [3.63, 3.8) is 0 Å². The molecule has 13 nitrogen and oxygen atoms in total. The van der Waals surface area contributed by atoms with Gasteiger partial charge in [-0.2, -0.15) is 18.2 Å². The molecule has 4 amide bonds. The van der Waals surface area contributed by atoms with Crippen LogP contribution in [0.25, 0.3) is 12.2 Å².